The molecule has 1 aliphatic heterocycles. The van der Waals surface area contributed by atoms with Crippen molar-refractivity contribution in [3.63, 3.8) is 0 Å². The minimum atomic E-state index is -0.219. The number of rotatable bonds is 3. The number of aliphatic hydroxyl groups is 1. The van der Waals surface area contributed by atoms with Crippen LogP contribution in [-0.4, -0.2) is 29.8 Å². The molecule has 2 N–H and O–H groups in total. The Morgan fingerprint density at radius 2 is 2.05 bits per heavy atom. The molecule has 0 bridgehead atoms. The second kappa shape index (κ2) is 6.37. The average Bonchev–Trinajstić information content (AvgIpc) is 2.39. The van der Waals surface area contributed by atoms with E-state index in [9.17, 15) is 5.11 Å². The first-order valence-corrected chi connectivity index (χ1v) is 8.04. The summed E-state index contributed by atoms with van der Waals surface area (Å²) in [5, 5.41) is 13.7. The van der Waals surface area contributed by atoms with Crippen molar-refractivity contribution in [2.45, 2.75) is 59.2 Å². The third-order valence-corrected chi connectivity index (χ3v) is 4.30. The Balaban J connectivity index is 2.18. The summed E-state index contributed by atoms with van der Waals surface area (Å²) in [7, 11) is 0. The Labute approximate surface area is 129 Å². The van der Waals surface area contributed by atoms with Gasteiger partial charge in [0.15, 0.2) is 0 Å². The van der Waals surface area contributed by atoms with E-state index in [-0.39, 0.29) is 11.6 Å². The first kappa shape index (κ1) is 16.3. The summed E-state index contributed by atoms with van der Waals surface area (Å²) >= 11 is 0. The molecular formula is C18H30N2O. The van der Waals surface area contributed by atoms with Crippen LogP contribution in [-0.2, 0) is 6.54 Å². The lowest BCUT2D eigenvalue weighted by molar-refractivity contribution is 0.103. The molecule has 1 fully saturated rings. The maximum atomic E-state index is 10.2. The van der Waals surface area contributed by atoms with Crippen molar-refractivity contribution in [3.05, 3.63) is 29.3 Å². The number of aryl methyl sites for hydroxylation is 1. The molecule has 1 aromatic carbocycles. The maximum Gasteiger partial charge on any atom is 0.0741 e. The first-order chi connectivity index (χ1) is 9.76. The van der Waals surface area contributed by atoms with E-state index in [0.717, 1.165) is 26.1 Å². The van der Waals surface area contributed by atoms with Gasteiger partial charge in [0.05, 0.1) is 6.10 Å². The van der Waals surface area contributed by atoms with Crippen LogP contribution in [0.3, 0.4) is 0 Å². The van der Waals surface area contributed by atoms with E-state index in [4.69, 9.17) is 0 Å². The Hall–Kier alpha value is -1.06. The van der Waals surface area contributed by atoms with Crippen LogP contribution in [0.25, 0.3) is 0 Å². The fourth-order valence-corrected chi connectivity index (χ4v) is 2.79. The number of β-amino-alcohol motifs (C(OH)–C–C–N with tert-alkyl or cyclic N) is 1. The molecule has 0 radical (unpaired) electrons. The second-order valence-electron chi connectivity index (χ2n) is 7.52. The molecule has 3 heteroatoms. The number of aliphatic hydroxyl groups excluding tert-OH is 1. The Morgan fingerprint density at radius 3 is 2.67 bits per heavy atom. The zero-order valence-corrected chi connectivity index (χ0v) is 14.1. The number of hydrogen-bond donors (Lipinski definition) is 2. The van der Waals surface area contributed by atoms with E-state index in [1.165, 1.54) is 16.8 Å². The molecule has 0 aliphatic carbocycles. The summed E-state index contributed by atoms with van der Waals surface area (Å²) in [5.41, 5.74) is 3.99. The van der Waals surface area contributed by atoms with E-state index in [0.29, 0.717) is 5.92 Å². The molecule has 1 aromatic rings. The molecule has 0 aromatic heterocycles. The Kier molecular flexibility index (Phi) is 4.95. The zero-order valence-electron chi connectivity index (χ0n) is 14.1. The highest BCUT2D eigenvalue weighted by molar-refractivity contribution is 5.55. The molecule has 118 valence electrons. The van der Waals surface area contributed by atoms with Crippen LogP contribution < -0.4 is 10.2 Å². The molecule has 3 nitrogen and oxygen atoms in total. The number of nitrogens with one attached hydrogen (secondary N) is 1. The minimum Gasteiger partial charge on any atom is -0.391 e. The molecule has 1 saturated heterocycles. The van der Waals surface area contributed by atoms with E-state index < -0.39 is 0 Å². The summed E-state index contributed by atoms with van der Waals surface area (Å²) in [4.78, 5) is 2.34. The standard InChI is InChI=1S/C18H30N2O/c1-13-6-7-16(15(10-13)11-19-18(3,4)5)20-9-8-14(2)17(21)12-20/h6-7,10,14,17,19,21H,8-9,11-12H2,1-5H3. The van der Waals surface area contributed by atoms with Gasteiger partial charge in [-0.2, -0.15) is 0 Å². The summed E-state index contributed by atoms with van der Waals surface area (Å²) in [5.74, 6) is 0.405. The normalized spacial score (nSPS) is 23.4. The van der Waals surface area contributed by atoms with Gasteiger partial charge in [-0.15, -0.1) is 0 Å². The van der Waals surface area contributed by atoms with Crippen molar-refractivity contribution >= 4 is 5.69 Å². The van der Waals surface area contributed by atoms with E-state index in [2.05, 4.69) is 63.0 Å². The third-order valence-electron chi connectivity index (χ3n) is 4.30. The fraction of sp³-hybridized carbons (Fsp3) is 0.667. The predicted molar refractivity (Wildman–Crippen MR) is 89.8 cm³/mol. The fourth-order valence-electron chi connectivity index (χ4n) is 2.79. The van der Waals surface area contributed by atoms with Gasteiger partial charge in [0.1, 0.15) is 0 Å². The monoisotopic (exact) mass is 290 g/mol. The van der Waals surface area contributed by atoms with Crippen molar-refractivity contribution in [1.29, 1.82) is 0 Å². The lowest BCUT2D eigenvalue weighted by Crippen LogP contribution is -2.43. The van der Waals surface area contributed by atoms with Crippen molar-refractivity contribution in [2.24, 2.45) is 5.92 Å². The quantitative estimate of drug-likeness (QED) is 0.898. The van der Waals surface area contributed by atoms with Crippen LogP contribution in [0, 0.1) is 12.8 Å². The highest BCUT2D eigenvalue weighted by Gasteiger charge is 2.25. The van der Waals surface area contributed by atoms with Gasteiger partial charge in [-0.25, -0.2) is 0 Å². The molecule has 2 unspecified atom stereocenters. The molecule has 2 rings (SSSR count). The van der Waals surface area contributed by atoms with Gasteiger partial charge in [0.25, 0.3) is 0 Å². The second-order valence-corrected chi connectivity index (χ2v) is 7.52. The van der Waals surface area contributed by atoms with Gasteiger partial charge in [0.2, 0.25) is 0 Å². The molecule has 1 heterocycles. The lowest BCUT2D eigenvalue weighted by atomic mass is 9.94. The summed E-state index contributed by atoms with van der Waals surface area (Å²) in [6.07, 6.45) is 0.838. The molecule has 2 atom stereocenters. The van der Waals surface area contributed by atoms with Gasteiger partial charge in [-0.3, -0.25) is 0 Å². The van der Waals surface area contributed by atoms with Gasteiger partial charge in [-0.05, 0) is 51.7 Å². The van der Waals surface area contributed by atoms with E-state index in [1.54, 1.807) is 0 Å². The topological polar surface area (TPSA) is 35.5 Å². The Bertz CT molecular complexity index is 479. The van der Waals surface area contributed by atoms with Crippen LogP contribution in [0.15, 0.2) is 18.2 Å². The van der Waals surface area contributed by atoms with Gasteiger partial charge >= 0.3 is 0 Å². The van der Waals surface area contributed by atoms with Crippen molar-refractivity contribution in [1.82, 2.24) is 5.32 Å². The van der Waals surface area contributed by atoms with Crippen LogP contribution >= 0.6 is 0 Å². The molecular weight excluding hydrogens is 260 g/mol. The molecule has 21 heavy (non-hydrogen) atoms. The maximum absolute atomic E-state index is 10.2. The largest absolute Gasteiger partial charge is 0.391 e. The summed E-state index contributed by atoms with van der Waals surface area (Å²) < 4.78 is 0. The lowest BCUT2D eigenvalue weighted by Gasteiger charge is -2.37. The van der Waals surface area contributed by atoms with Crippen molar-refractivity contribution in [2.75, 3.05) is 18.0 Å². The summed E-state index contributed by atoms with van der Waals surface area (Å²) in [6, 6.07) is 6.64. The number of hydrogen-bond acceptors (Lipinski definition) is 3. The average molecular weight is 290 g/mol. The zero-order chi connectivity index (χ0) is 15.6. The summed E-state index contributed by atoms with van der Waals surface area (Å²) in [6.45, 7) is 13.5. The van der Waals surface area contributed by atoms with Crippen molar-refractivity contribution in [3.8, 4) is 0 Å². The molecule has 1 aliphatic rings. The molecule has 0 saturated carbocycles. The number of anilines is 1. The predicted octanol–water partition coefficient (Wildman–Crippen LogP) is 3.09. The van der Waals surface area contributed by atoms with Gasteiger partial charge < -0.3 is 15.3 Å². The Morgan fingerprint density at radius 1 is 1.33 bits per heavy atom. The number of piperidine rings is 1. The van der Waals surface area contributed by atoms with Crippen LogP contribution in [0.1, 0.15) is 45.2 Å². The van der Waals surface area contributed by atoms with Gasteiger partial charge in [-0.1, -0.05) is 24.6 Å². The smallest absolute Gasteiger partial charge is 0.0741 e. The molecule has 0 amide bonds. The van der Waals surface area contributed by atoms with Crippen LogP contribution in [0.5, 0.6) is 0 Å². The van der Waals surface area contributed by atoms with E-state index >= 15 is 0 Å². The highest BCUT2D eigenvalue weighted by Crippen LogP contribution is 2.27. The number of nitrogens with zero attached hydrogens (tertiary/aromatic N) is 1. The third kappa shape index (κ3) is 4.45. The minimum absolute atomic E-state index is 0.108. The van der Waals surface area contributed by atoms with Crippen molar-refractivity contribution < 1.29 is 5.11 Å². The molecule has 0 spiro atoms. The van der Waals surface area contributed by atoms with E-state index in [1.807, 2.05) is 0 Å². The first-order valence-electron chi connectivity index (χ1n) is 8.04. The highest BCUT2D eigenvalue weighted by atomic mass is 16.3. The van der Waals surface area contributed by atoms with Crippen LogP contribution in [0.4, 0.5) is 5.69 Å². The van der Waals surface area contributed by atoms with Crippen LogP contribution in [0.2, 0.25) is 0 Å². The SMILES string of the molecule is Cc1ccc(N2CCC(C)C(O)C2)c(CNC(C)(C)C)c1. The number of benzene rings is 1. The van der Waals surface area contributed by atoms with Gasteiger partial charge in [0, 0.05) is 30.9 Å².